The van der Waals surface area contributed by atoms with Crippen molar-refractivity contribution in [2.45, 2.75) is 11.8 Å². The molecule has 0 spiro atoms. The highest BCUT2D eigenvalue weighted by molar-refractivity contribution is 6.74. The van der Waals surface area contributed by atoms with Crippen LogP contribution in [0.5, 0.6) is 0 Å². The molecule has 4 rings (SSSR count). The number of ether oxygens (including phenoxy) is 1. The molecule has 0 aromatic heterocycles. The summed E-state index contributed by atoms with van der Waals surface area (Å²) in [5, 5.41) is 20.4. The summed E-state index contributed by atoms with van der Waals surface area (Å²) in [5.41, 5.74) is 1.31. The van der Waals surface area contributed by atoms with Gasteiger partial charge in [-0.2, -0.15) is 0 Å². The lowest BCUT2D eigenvalue weighted by Crippen LogP contribution is -3.26. The fraction of sp³-hybridized carbons (Fsp3) is 0.455. The van der Waals surface area contributed by atoms with Crippen LogP contribution in [0.3, 0.4) is 0 Å². The molecule has 3 aliphatic heterocycles. The third-order valence-electron chi connectivity index (χ3n) is 4.45. The van der Waals surface area contributed by atoms with Crippen molar-refractivity contribution in [3.63, 3.8) is 0 Å². The van der Waals surface area contributed by atoms with Gasteiger partial charge in [-0.1, -0.05) is 29.7 Å². The van der Waals surface area contributed by atoms with Crippen LogP contribution in [0.25, 0.3) is 0 Å². The number of benzene rings is 1. The summed E-state index contributed by atoms with van der Waals surface area (Å²) in [6, 6.07) is 7.67. The van der Waals surface area contributed by atoms with E-state index < -0.39 is 12.2 Å². The van der Waals surface area contributed by atoms with Gasteiger partial charge >= 0.3 is 6.69 Å². The molecule has 1 aromatic carbocycles. The Morgan fingerprint density at radius 1 is 1.41 bits per heavy atom. The van der Waals surface area contributed by atoms with E-state index in [1.807, 2.05) is 24.3 Å². The predicted octanol–water partition coefficient (Wildman–Crippen LogP) is -2.49. The van der Waals surface area contributed by atoms with E-state index in [1.54, 1.807) is 0 Å². The molecule has 3 heterocycles. The third kappa shape index (κ3) is 0.952. The standard InChI is InChI=1S/C11H14BNO4/c14-5-11-6-16-10-8-3-1-2-4-9(8)12(15,13(10)11)17-7-11/h1-4,10,13-15H,5-7H2/t10-,11+,12+/m0/s1. The van der Waals surface area contributed by atoms with E-state index in [2.05, 4.69) is 0 Å². The fourth-order valence-corrected chi connectivity index (χ4v) is 3.61. The highest BCUT2D eigenvalue weighted by Crippen LogP contribution is 2.32. The highest BCUT2D eigenvalue weighted by atomic mass is 16.6. The topological polar surface area (TPSA) is 63.4 Å². The van der Waals surface area contributed by atoms with Crippen LogP contribution in [0.4, 0.5) is 0 Å². The summed E-state index contributed by atoms with van der Waals surface area (Å²) in [6.07, 6.45) is -0.203. The van der Waals surface area contributed by atoms with E-state index in [0.29, 0.717) is 13.2 Å². The van der Waals surface area contributed by atoms with Crippen molar-refractivity contribution in [2.24, 2.45) is 0 Å². The molecule has 6 heteroatoms. The molecule has 1 aromatic rings. The maximum absolute atomic E-state index is 10.8. The quantitative estimate of drug-likeness (QED) is 0.471. The normalized spacial score (nSPS) is 46.0. The Balaban J connectivity index is 1.95. The Bertz CT molecular complexity index is 498. The Labute approximate surface area is 98.6 Å². The number of rotatable bonds is 1. The number of nitrogens with one attached hydrogen (secondary N) is 1. The summed E-state index contributed by atoms with van der Waals surface area (Å²) in [4.78, 5) is 0.848. The lowest BCUT2D eigenvalue weighted by atomic mass is 9.64. The van der Waals surface area contributed by atoms with Crippen molar-refractivity contribution in [3.05, 3.63) is 29.8 Å². The van der Waals surface area contributed by atoms with Crippen molar-refractivity contribution >= 4 is 12.1 Å². The minimum Gasteiger partial charge on any atom is -0.524 e. The summed E-state index contributed by atoms with van der Waals surface area (Å²) in [6.45, 7) is -1.35. The van der Waals surface area contributed by atoms with Gasteiger partial charge in [0.15, 0.2) is 6.23 Å². The van der Waals surface area contributed by atoms with Crippen molar-refractivity contribution < 1.29 is 24.3 Å². The van der Waals surface area contributed by atoms with E-state index in [1.165, 1.54) is 0 Å². The number of quaternary nitrogens is 1. The summed E-state index contributed by atoms with van der Waals surface area (Å²) in [7, 11) is 0. The molecular weight excluding hydrogens is 221 g/mol. The van der Waals surface area contributed by atoms with E-state index in [9.17, 15) is 10.1 Å². The van der Waals surface area contributed by atoms with E-state index in [4.69, 9.17) is 9.39 Å². The molecule has 90 valence electrons. The van der Waals surface area contributed by atoms with E-state index in [0.717, 1.165) is 15.8 Å². The molecule has 0 aliphatic carbocycles. The first kappa shape index (κ1) is 10.0. The van der Waals surface area contributed by atoms with Crippen LogP contribution >= 0.6 is 0 Å². The zero-order chi connectivity index (χ0) is 11.7. The molecule has 2 fully saturated rings. The second-order valence-electron chi connectivity index (χ2n) is 5.27. The van der Waals surface area contributed by atoms with Crippen molar-refractivity contribution in [1.29, 1.82) is 0 Å². The monoisotopic (exact) mass is 235 g/mol. The first-order valence-electron chi connectivity index (χ1n) is 5.92. The molecule has 0 amide bonds. The van der Waals surface area contributed by atoms with Gasteiger partial charge in [-0.05, 0) is 0 Å². The number of hydrogen-bond acceptors (Lipinski definition) is 4. The molecule has 5 nitrogen and oxygen atoms in total. The van der Waals surface area contributed by atoms with Crippen LogP contribution < -0.4 is 10.3 Å². The third-order valence-corrected chi connectivity index (χ3v) is 4.45. The Hall–Kier alpha value is -0.915. The number of aliphatic hydroxyl groups is 1. The Kier molecular flexibility index (Phi) is 1.72. The Morgan fingerprint density at radius 2 is 2.24 bits per heavy atom. The van der Waals surface area contributed by atoms with Gasteiger partial charge in [0.05, 0.1) is 13.2 Å². The van der Waals surface area contributed by atoms with Gasteiger partial charge in [-0.15, -0.1) is 0 Å². The number of hydrogen-bond donors (Lipinski definition) is 3. The van der Waals surface area contributed by atoms with Crippen LogP contribution in [0.1, 0.15) is 11.8 Å². The van der Waals surface area contributed by atoms with E-state index in [-0.39, 0.29) is 12.8 Å². The Morgan fingerprint density at radius 3 is 3.06 bits per heavy atom. The molecule has 3 aliphatic rings. The number of fused-ring (bicyclic) bond motifs is 3. The van der Waals surface area contributed by atoms with Crippen LogP contribution in [-0.2, 0) is 9.39 Å². The second kappa shape index (κ2) is 2.91. The zero-order valence-corrected chi connectivity index (χ0v) is 9.30. The second-order valence-corrected chi connectivity index (χ2v) is 5.27. The molecule has 17 heavy (non-hydrogen) atoms. The molecule has 0 bridgehead atoms. The number of aliphatic hydroxyl groups excluding tert-OH is 1. The first-order chi connectivity index (χ1) is 8.21. The van der Waals surface area contributed by atoms with Crippen molar-refractivity contribution in [2.75, 3.05) is 19.8 Å². The molecule has 1 unspecified atom stereocenters. The molecule has 3 N–H and O–H groups in total. The highest BCUT2D eigenvalue weighted by Gasteiger charge is 2.68. The fourth-order valence-electron chi connectivity index (χ4n) is 3.61. The maximum Gasteiger partial charge on any atom is 0.502 e. The predicted molar refractivity (Wildman–Crippen MR) is 59.5 cm³/mol. The van der Waals surface area contributed by atoms with Crippen molar-refractivity contribution in [1.82, 2.24) is 0 Å². The van der Waals surface area contributed by atoms with Crippen LogP contribution in [0.15, 0.2) is 24.3 Å². The maximum atomic E-state index is 10.8. The zero-order valence-electron chi connectivity index (χ0n) is 9.30. The van der Waals surface area contributed by atoms with Gasteiger partial charge in [0.2, 0.25) is 0 Å². The van der Waals surface area contributed by atoms with Gasteiger partial charge in [-0.25, -0.2) is 0 Å². The molecule has 0 radical (unpaired) electrons. The van der Waals surface area contributed by atoms with Gasteiger partial charge in [0.25, 0.3) is 0 Å². The smallest absolute Gasteiger partial charge is 0.502 e. The molecule has 0 saturated carbocycles. The summed E-state index contributed by atoms with van der Waals surface area (Å²) in [5.74, 6) is 0. The van der Waals surface area contributed by atoms with E-state index >= 15 is 0 Å². The van der Waals surface area contributed by atoms with Gasteiger partial charge in [0.1, 0.15) is 12.1 Å². The SMILES string of the molecule is OC[C@@]12CO[C@H]3c4ccccc4[B@@-](O)(OC1)[NH+]32. The van der Waals surface area contributed by atoms with Gasteiger partial charge in [-0.3, -0.25) is 0 Å². The minimum atomic E-state index is -2.10. The summed E-state index contributed by atoms with van der Waals surface area (Å²) >= 11 is 0. The van der Waals surface area contributed by atoms with Crippen LogP contribution in [-0.4, -0.2) is 42.2 Å². The minimum absolute atomic E-state index is 0.0309. The average Bonchev–Trinajstić information content (AvgIpc) is 2.95. The lowest BCUT2D eigenvalue weighted by Gasteiger charge is -2.34. The van der Waals surface area contributed by atoms with Crippen molar-refractivity contribution in [3.8, 4) is 0 Å². The lowest BCUT2D eigenvalue weighted by molar-refractivity contribution is -0.879. The average molecular weight is 235 g/mol. The first-order valence-corrected chi connectivity index (χ1v) is 5.92. The van der Waals surface area contributed by atoms with Crippen LogP contribution in [0, 0.1) is 0 Å². The van der Waals surface area contributed by atoms with Crippen LogP contribution in [0.2, 0.25) is 0 Å². The molecular formula is C11H14BNO4. The molecule has 2 saturated heterocycles. The molecule has 4 atom stereocenters. The van der Waals surface area contributed by atoms with Gasteiger partial charge in [0, 0.05) is 5.56 Å². The van der Waals surface area contributed by atoms with Gasteiger partial charge < -0.3 is 24.3 Å². The largest absolute Gasteiger partial charge is 0.524 e. The summed E-state index contributed by atoms with van der Waals surface area (Å²) < 4.78 is 11.4.